The minimum absolute atomic E-state index is 0.146. The molecule has 2 aromatic heterocycles. The van der Waals surface area contributed by atoms with E-state index in [9.17, 15) is 5.11 Å². The number of ether oxygens (including phenoxy) is 3. The first-order chi connectivity index (χ1) is 15.0. The lowest BCUT2D eigenvalue weighted by molar-refractivity contribution is -0.199. The maximum Gasteiger partial charge on any atom is 0.167 e. The van der Waals surface area contributed by atoms with Crippen molar-refractivity contribution in [1.29, 1.82) is 0 Å². The second kappa shape index (κ2) is 6.96. The van der Waals surface area contributed by atoms with Crippen molar-refractivity contribution in [1.82, 2.24) is 19.5 Å². The lowest BCUT2D eigenvalue weighted by Gasteiger charge is -2.24. The number of benzene rings is 1. The van der Waals surface area contributed by atoms with Crippen LogP contribution in [0.4, 0.5) is 5.82 Å². The third-order valence-corrected chi connectivity index (χ3v) is 6.38. The molecule has 0 amide bonds. The van der Waals surface area contributed by atoms with E-state index in [-0.39, 0.29) is 24.9 Å². The third kappa shape index (κ3) is 3.03. The Morgan fingerprint density at radius 3 is 2.87 bits per heavy atom. The number of fused-ring (bicyclic) bond motifs is 3. The normalized spacial score (nSPS) is 31.1. The fourth-order valence-corrected chi connectivity index (χ4v) is 5.05. The van der Waals surface area contributed by atoms with Crippen LogP contribution in [0.25, 0.3) is 11.2 Å². The molecule has 0 radical (unpaired) electrons. The van der Waals surface area contributed by atoms with Gasteiger partial charge in [0.15, 0.2) is 29.0 Å². The highest BCUT2D eigenvalue weighted by molar-refractivity contribution is 5.83. The predicted octanol–water partition coefficient (Wildman–Crippen LogP) is 2.34. The van der Waals surface area contributed by atoms with E-state index < -0.39 is 18.1 Å². The summed E-state index contributed by atoms with van der Waals surface area (Å²) in [6.07, 6.45) is 3.62. The summed E-state index contributed by atoms with van der Waals surface area (Å²) < 4.78 is 20.0. The molecule has 3 aromatic rings. The maximum absolute atomic E-state index is 9.77. The molecule has 9 heteroatoms. The van der Waals surface area contributed by atoms with Crippen LogP contribution in [0.2, 0.25) is 0 Å². The Labute approximate surface area is 179 Å². The molecule has 0 bridgehead atoms. The molecule has 3 aliphatic rings. The Kier molecular flexibility index (Phi) is 4.29. The van der Waals surface area contributed by atoms with Crippen LogP contribution in [0.5, 0.6) is 0 Å². The van der Waals surface area contributed by atoms with E-state index in [4.69, 9.17) is 14.2 Å². The summed E-state index contributed by atoms with van der Waals surface area (Å²) in [6.45, 7) is 3.59. The Balaban J connectivity index is 1.33. The molecule has 2 N–H and O–H groups in total. The topological polar surface area (TPSA) is 104 Å². The van der Waals surface area contributed by atoms with E-state index >= 15 is 0 Å². The SMILES string of the molecule is CC1(C)OC2[C@H](n3cnc4c(N[C@H]5CCc6ccccc65)ncnc43)O[C@H](CO)[C@H]2O1. The molecule has 5 atom stereocenters. The second-order valence-corrected chi connectivity index (χ2v) is 8.79. The molecule has 1 aromatic carbocycles. The van der Waals surface area contributed by atoms with Gasteiger partial charge in [-0.05, 0) is 37.8 Å². The highest BCUT2D eigenvalue weighted by atomic mass is 16.8. The average molecular weight is 423 g/mol. The van der Waals surface area contributed by atoms with Crippen molar-refractivity contribution in [2.75, 3.05) is 11.9 Å². The fourth-order valence-electron chi connectivity index (χ4n) is 5.05. The molecule has 2 fully saturated rings. The van der Waals surface area contributed by atoms with Gasteiger partial charge in [-0.3, -0.25) is 4.57 Å². The number of aliphatic hydroxyl groups is 1. The molecule has 1 unspecified atom stereocenters. The van der Waals surface area contributed by atoms with Crippen LogP contribution in [0.1, 0.15) is 43.7 Å². The zero-order valence-corrected chi connectivity index (χ0v) is 17.4. The van der Waals surface area contributed by atoms with Gasteiger partial charge in [-0.2, -0.15) is 0 Å². The minimum Gasteiger partial charge on any atom is -0.394 e. The number of rotatable bonds is 4. The average Bonchev–Trinajstić information content (AvgIpc) is 3.50. The Morgan fingerprint density at radius 1 is 1.16 bits per heavy atom. The fraction of sp³-hybridized carbons (Fsp3) is 0.500. The van der Waals surface area contributed by atoms with E-state index in [1.54, 1.807) is 6.33 Å². The van der Waals surface area contributed by atoms with Crippen LogP contribution in [-0.2, 0) is 20.6 Å². The number of hydrogen-bond acceptors (Lipinski definition) is 8. The highest BCUT2D eigenvalue weighted by Gasteiger charge is 2.56. The molecule has 0 saturated carbocycles. The van der Waals surface area contributed by atoms with Gasteiger partial charge in [0.05, 0.1) is 19.0 Å². The number of anilines is 1. The van der Waals surface area contributed by atoms with Crippen LogP contribution in [0.15, 0.2) is 36.9 Å². The van der Waals surface area contributed by atoms with Crippen molar-refractivity contribution in [2.24, 2.45) is 0 Å². The molecule has 31 heavy (non-hydrogen) atoms. The van der Waals surface area contributed by atoms with Crippen molar-refractivity contribution in [3.63, 3.8) is 0 Å². The Morgan fingerprint density at radius 2 is 2.00 bits per heavy atom. The minimum atomic E-state index is -0.737. The first kappa shape index (κ1) is 19.1. The number of aliphatic hydroxyl groups excluding tert-OH is 1. The maximum atomic E-state index is 9.77. The number of nitrogens with one attached hydrogen (secondary N) is 1. The second-order valence-electron chi connectivity index (χ2n) is 8.79. The smallest absolute Gasteiger partial charge is 0.167 e. The van der Waals surface area contributed by atoms with Crippen LogP contribution in [-0.4, -0.2) is 55.3 Å². The first-order valence-electron chi connectivity index (χ1n) is 10.7. The predicted molar refractivity (Wildman–Crippen MR) is 111 cm³/mol. The van der Waals surface area contributed by atoms with Gasteiger partial charge >= 0.3 is 0 Å². The Hall–Kier alpha value is -2.59. The summed E-state index contributed by atoms with van der Waals surface area (Å²) in [5.41, 5.74) is 4.01. The van der Waals surface area contributed by atoms with Gasteiger partial charge in [-0.15, -0.1) is 0 Å². The van der Waals surface area contributed by atoms with Gasteiger partial charge in [0.1, 0.15) is 24.6 Å². The summed E-state index contributed by atoms with van der Waals surface area (Å²) in [5.74, 6) is -0.0405. The zero-order valence-electron chi connectivity index (χ0n) is 17.4. The summed E-state index contributed by atoms with van der Waals surface area (Å²) >= 11 is 0. The van der Waals surface area contributed by atoms with Crippen molar-refractivity contribution in [3.05, 3.63) is 48.0 Å². The Bertz CT molecular complexity index is 1130. The zero-order chi connectivity index (χ0) is 21.2. The van der Waals surface area contributed by atoms with Crippen LogP contribution in [0.3, 0.4) is 0 Å². The van der Waals surface area contributed by atoms with Crippen LogP contribution >= 0.6 is 0 Å². The summed E-state index contributed by atoms with van der Waals surface area (Å²) in [4.78, 5) is 13.5. The monoisotopic (exact) mass is 423 g/mol. The quantitative estimate of drug-likeness (QED) is 0.659. The summed E-state index contributed by atoms with van der Waals surface area (Å²) in [6, 6.07) is 8.68. The van der Waals surface area contributed by atoms with Gasteiger partial charge < -0.3 is 24.6 Å². The number of aryl methyl sites for hydroxylation is 1. The lowest BCUT2D eigenvalue weighted by Crippen LogP contribution is -2.31. The highest BCUT2D eigenvalue weighted by Crippen LogP contribution is 2.44. The third-order valence-electron chi connectivity index (χ3n) is 6.38. The van der Waals surface area contributed by atoms with Crippen molar-refractivity contribution in [3.8, 4) is 0 Å². The lowest BCUT2D eigenvalue weighted by atomic mass is 10.1. The van der Waals surface area contributed by atoms with Gasteiger partial charge in [0, 0.05) is 0 Å². The van der Waals surface area contributed by atoms with E-state index in [0.29, 0.717) is 17.0 Å². The standard InChI is InChI=1S/C22H25N5O4/c1-22(2)30-17-15(9-28)29-21(18(17)31-22)27-11-25-16-19(23-10-24-20(16)27)26-14-8-7-12-5-3-4-6-13(12)14/h3-6,10-11,14-15,17-18,21,28H,7-9H2,1-2H3,(H,23,24,26)/t14-,15+,17+,18?,21+/m0/s1. The first-order valence-corrected chi connectivity index (χ1v) is 10.7. The van der Waals surface area contributed by atoms with Crippen molar-refractivity contribution < 1.29 is 19.3 Å². The number of hydrogen-bond donors (Lipinski definition) is 2. The van der Waals surface area contributed by atoms with Crippen molar-refractivity contribution >= 4 is 17.0 Å². The molecular weight excluding hydrogens is 398 g/mol. The van der Waals surface area contributed by atoms with Gasteiger partial charge in [0.25, 0.3) is 0 Å². The molecular formula is C22H25N5O4. The number of aromatic nitrogens is 4. The summed E-state index contributed by atoms with van der Waals surface area (Å²) in [7, 11) is 0. The van der Waals surface area contributed by atoms with Crippen molar-refractivity contribution in [2.45, 2.75) is 63.1 Å². The number of imidazole rings is 1. The number of nitrogens with zero attached hydrogens (tertiary/aromatic N) is 4. The van der Waals surface area contributed by atoms with Gasteiger partial charge in [-0.1, -0.05) is 24.3 Å². The van der Waals surface area contributed by atoms with Gasteiger partial charge in [0.2, 0.25) is 0 Å². The molecule has 9 nitrogen and oxygen atoms in total. The van der Waals surface area contributed by atoms with E-state index in [1.807, 2.05) is 18.4 Å². The molecule has 162 valence electrons. The molecule has 6 rings (SSSR count). The molecule has 2 saturated heterocycles. The van der Waals surface area contributed by atoms with Gasteiger partial charge in [-0.25, -0.2) is 15.0 Å². The van der Waals surface area contributed by atoms with Crippen LogP contribution in [0, 0.1) is 0 Å². The van der Waals surface area contributed by atoms with E-state index in [2.05, 4.69) is 44.5 Å². The molecule has 4 heterocycles. The largest absolute Gasteiger partial charge is 0.394 e. The van der Waals surface area contributed by atoms with E-state index in [0.717, 1.165) is 12.8 Å². The summed E-state index contributed by atoms with van der Waals surface area (Å²) in [5, 5.41) is 13.3. The van der Waals surface area contributed by atoms with Crippen LogP contribution < -0.4 is 5.32 Å². The molecule has 0 spiro atoms. The molecule has 1 aliphatic carbocycles. The molecule has 2 aliphatic heterocycles. The van der Waals surface area contributed by atoms with E-state index in [1.165, 1.54) is 17.5 Å².